The summed E-state index contributed by atoms with van der Waals surface area (Å²) in [5, 5.41) is 0.977. The van der Waals surface area contributed by atoms with Crippen molar-refractivity contribution in [2.24, 2.45) is 0 Å². The molecular weight excluding hydrogens is 671 g/mol. The summed E-state index contributed by atoms with van der Waals surface area (Å²) in [5.74, 6) is 1.02. The molecule has 11 heteroatoms. The number of methoxy groups -OCH3 is 1. The van der Waals surface area contributed by atoms with E-state index in [1.807, 2.05) is 19.1 Å². The highest BCUT2D eigenvalue weighted by Gasteiger charge is 2.31. The lowest BCUT2D eigenvalue weighted by Crippen LogP contribution is -2.16. The maximum absolute atomic E-state index is 12.6. The van der Waals surface area contributed by atoms with Crippen molar-refractivity contribution in [3.8, 4) is 39.9 Å². The number of unbranched alkanes of at least 4 members (excludes halogenated alkanes) is 10. The molecule has 0 spiro atoms. The van der Waals surface area contributed by atoms with Crippen molar-refractivity contribution in [3.63, 3.8) is 0 Å². The van der Waals surface area contributed by atoms with Crippen molar-refractivity contribution in [1.82, 2.24) is 4.98 Å². The molecule has 1 aromatic heterocycles. The zero-order valence-corrected chi connectivity index (χ0v) is 29.6. The molecule has 7 nitrogen and oxygen atoms in total. The molecule has 3 aromatic carbocycles. The second-order valence-electron chi connectivity index (χ2n) is 12.1. The lowest BCUT2D eigenvalue weighted by atomic mass is 10.00. The van der Waals surface area contributed by atoms with Crippen LogP contribution in [0.5, 0.6) is 28.7 Å². The zero-order chi connectivity index (χ0) is 35.9. The van der Waals surface area contributed by atoms with E-state index in [1.54, 1.807) is 24.3 Å². The van der Waals surface area contributed by atoms with Crippen LogP contribution in [0.2, 0.25) is 5.02 Å². The van der Waals surface area contributed by atoms with Crippen molar-refractivity contribution in [2.45, 2.75) is 97.3 Å². The Labute approximate surface area is 297 Å². The minimum Gasteiger partial charge on any atom is -0.495 e. The number of carbonyl (C=O) groups excluding carboxylic acids is 1. The summed E-state index contributed by atoms with van der Waals surface area (Å²) in [5.41, 5.74) is 2.65. The number of pyridine rings is 1. The Morgan fingerprint density at radius 3 is 1.94 bits per heavy atom. The van der Waals surface area contributed by atoms with E-state index in [1.165, 1.54) is 82.7 Å². The van der Waals surface area contributed by atoms with E-state index < -0.39 is 6.36 Å². The summed E-state index contributed by atoms with van der Waals surface area (Å²) in [7, 11) is 1.52. The molecule has 0 atom stereocenters. The average molecular weight is 716 g/mol. The van der Waals surface area contributed by atoms with Gasteiger partial charge >= 0.3 is 12.3 Å². The largest absolute Gasteiger partial charge is 0.573 e. The van der Waals surface area contributed by atoms with E-state index >= 15 is 0 Å². The van der Waals surface area contributed by atoms with Crippen molar-refractivity contribution in [1.29, 1.82) is 0 Å². The van der Waals surface area contributed by atoms with Gasteiger partial charge in [-0.25, -0.2) is 0 Å². The van der Waals surface area contributed by atoms with Gasteiger partial charge in [-0.15, -0.1) is 13.2 Å². The highest BCUT2D eigenvalue weighted by Crippen LogP contribution is 2.42. The first-order valence-corrected chi connectivity index (χ1v) is 17.6. The van der Waals surface area contributed by atoms with E-state index in [9.17, 15) is 18.0 Å². The number of carbonyl (C=O) groups is 1. The van der Waals surface area contributed by atoms with Gasteiger partial charge in [-0.2, -0.15) is 0 Å². The third-order valence-corrected chi connectivity index (χ3v) is 8.53. The van der Waals surface area contributed by atoms with Gasteiger partial charge in [0.25, 0.3) is 0 Å². The molecule has 0 fully saturated rings. The van der Waals surface area contributed by atoms with Crippen molar-refractivity contribution < 1.29 is 41.7 Å². The predicted molar refractivity (Wildman–Crippen MR) is 189 cm³/mol. The molecule has 0 saturated carbocycles. The molecule has 270 valence electrons. The van der Waals surface area contributed by atoms with Crippen LogP contribution >= 0.6 is 11.6 Å². The molecule has 0 aliphatic rings. The molecule has 0 unspecified atom stereocenters. The molecule has 4 aromatic rings. The van der Waals surface area contributed by atoms with Gasteiger partial charge in [0, 0.05) is 29.1 Å². The minimum absolute atomic E-state index is 0.290. The summed E-state index contributed by atoms with van der Waals surface area (Å²) in [6.07, 6.45) is 8.71. The fraction of sp³-hybridized carbons (Fsp3) is 0.436. The molecule has 0 bridgehead atoms. The number of aryl methyl sites for hydroxylation is 1. The quantitative estimate of drug-likeness (QED) is 0.0512. The number of ether oxygens (including phenoxy) is 5. The number of aromatic nitrogens is 1. The summed E-state index contributed by atoms with van der Waals surface area (Å²) < 4.78 is 64.3. The van der Waals surface area contributed by atoms with Crippen LogP contribution in [0.3, 0.4) is 0 Å². The topological polar surface area (TPSA) is 76.1 Å². The Bertz CT molecular complexity index is 1660. The highest BCUT2D eigenvalue weighted by atomic mass is 35.5. The van der Waals surface area contributed by atoms with Crippen LogP contribution in [-0.2, 0) is 9.53 Å². The van der Waals surface area contributed by atoms with Crippen molar-refractivity contribution >= 4 is 28.5 Å². The smallest absolute Gasteiger partial charge is 0.495 e. The predicted octanol–water partition coefficient (Wildman–Crippen LogP) is 12.1. The lowest BCUT2D eigenvalue weighted by molar-refractivity contribution is -0.274. The number of esters is 1. The summed E-state index contributed by atoms with van der Waals surface area (Å²) in [6.45, 7) is 3.78. The molecule has 50 heavy (non-hydrogen) atoms. The van der Waals surface area contributed by atoms with Crippen LogP contribution in [0.15, 0.2) is 60.7 Å². The molecule has 4 rings (SSSR count). The number of hydrogen-bond acceptors (Lipinski definition) is 7. The molecule has 0 amide bonds. The molecule has 0 aliphatic carbocycles. The third kappa shape index (κ3) is 12.0. The van der Waals surface area contributed by atoms with Gasteiger partial charge in [-0.05, 0) is 61.4 Å². The van der Waals surface area contributed by atoms with Crippen LogP contribution in [0, 0.1) is 6.92 Å². The second-order valence-corrected chi connectivity index (χ2v) is 12.5. The zero-order valence-electron chi connectivity index (χ0n) is 28.9. The highest BCUT2D eigenvalue weighted by molar-refractivity contribution is 6.33. The van der Waals surface area contributed by atoms with Gasteiger partial charge in [-0.1, -0.05) is 94.9 Å². The van der Waals surface area contributed by atoms with E-state index in [2.05, 4.69) is 11.7 Å². The van der Waals surface area contributed by atoms with E-state index in [0.717, 1.165) is 24.8 Å². The maximum Gasteiger partial charge on any atom is 0.573 e. The summed E-state index contributed by atoms with van der Waals surface area (Å²) in [4.78, 5) is 17.3. The normalized spacial score (nSPS) is 11.4. The lowest BCUT2D eigenvalue weighted by Gasteiger charge is -2.18. The fourth-order valence-electron chi connectivity index (χ4n) is 5.69. The van der Waals surface area contributed by atoms with Crippen LogP contribution in [0.25, 0.3) is 22.0 Å². The van der Waals surface area contributed by atoms with Crippen molar-refractivity contribution in [2.75, 3.05) is 13.9 Å². The minimum atomic E-state index is -4.78. The SMILES string of the molecule is CCCCCCCCCCCCCC(=O)OCOc1c(-c2ccc(Oc3ccc(OC(F)(F)F)cc3)cc2)c(C)nc2cc(OC)c(Cl)cc12. The van der Waals surface area contributed by atoms with Gasteiger partial charge in [0.15, 0.2) is 0 Å². The first-order valence-electron chi connectivity index (χ1n) is 17.2. The van der Waals surface area contributed by atoms with E-state index in [-0.39, 0.29) is 18.5 Å². The Kier molecular flexibility index (Phi) is 14.9. The first kappa shape index (κ1) is 38.6. The number of hydrogen-bond donors (Lipinski definition) is 0. The molecule has 0 aliphatic heterocycles. The number of benzene rings is 3. The summed E-state index contributed by atoms with van der Waals surface area (Å²) >= 11 is 6.50. The average Bonchev–Trinajstić information content (AvgIpc) is 3.08. The first-order chi connectivity index (χ1) is 24.1. The van der Waals surface area contributed by atoms with Crippen LogP contribution in [0.1, 0.15) is 89.7 Å². The number of halogens is 4. The number of alkyl halides is 3. The number of rotatable bonds is 20. The van der Waals surface area contributed by atoms with Crippen LogP contribution in [0.4, 0.5) is 13.2 Å². The Morgan fingerprint density at radius 2 is 1.36 bits per heavy atom. The Hall–Kier alpha value is -4.18. The van der Waals surface area contributed by atoms with Gasteiger partial charge in [0.2, 0.25) is 6.79 Å². The van der Waals surface area contributed by atoms with Gasteiger partial charge in [0.1, 0.15) is 28.7 Å². The Balaban J connectivity index is 1.39. The maximum atomic E-state index is 12.6. The van der Waals surface area contributed by atoms with Gasteiger partial charge < -0.3 is 23.7 Å². The van der Waals surface area contributed by atoms with E-state index in [0.29, 0.717) is 56.6 Å². The van der Waals surface area contributed by atoms with E-state index in [4.69, 9.17) is 35.5 Å². The number of nitrogens with zero attached hydrogens (tertiary/aromatic N) is 1. The van der Waals surface area contributed by atoms with Crippen molar-refractivity contribution in [3.05, 3.63) is 71.4 Å². The third-order valence-electron chi connectivity index (χ3n) is 8.24. The second kappa shape index (κ2) is 19.3. The van der Waals surface area contributed by atoms with Crippen LogP contribution in [-0.4, -0.2) is 31.2 Å². The number of fused-ring (bicyclic) bond motifs is 1. The van der Waals surface area contributed by atoms with Gasteiger partial charge in [-0.3, -0.25) is 9.78 Å². The Morgan fingerprint density at radius 1 is 0.800 bits per heavy atom. The molecular formula is C39H45ClF3NO6. The standard InChI is InChI=1S/C39H45ClF3NO6/c1-4-5-6-7-8-9-10-11-12-13-14-15-36(45)47-26-48-38-32-24-33(40)35(46-3)25-34(32)44-27(2)37(38)28-16-18-29(19-17-28)49-30-20-22-31(23-21-30)50-39(41,42)43/h16-25H,4-15,26H2,1-3H3. The van der Waals surface area contributed by atoms with Gasteiger partial charge in [0.05, 0.1) is 17.6 Å². The molecule has 0 N–H and O–H groups in total. The monoisotopic (exact) mass is 715 g/mol. The van der Waals surface area contributed by atoms with Crippen LogP contribution < -0.4 is 18.9 Å². The summed E-state index contributed by atoms with van der Waals surface area (Å²) in [6, 6.07) is 15.6. The fourth-order valence-corrected chi connectivity index (χ4v) is 5.93. The molecule has 0 saturated heterocycles. The molecule has 1 heterocycles. The molecule has 0 radical (unpaired) electrons.